The zero-order valence-corrected chi connectivity index (χ0v) is 19.8. The van der Waals surface area contributed by atoms with Crippen LogP contribution in [-0.4, -0.2) is 54.0 Å². The maximum absolute atomic E-state index is 13.6. The number of hydrogen-bond acceptors (Lipinski definition) is 3. The van der Waals surface area contributed by atoms with Crippen LogP contribution in [0, 0.1) is 0 Å². The number of urea groups is 1. The third kappa shape index (κ3) is 5.07. The SMILES string of the molecule is C=CCC1(C(=O)Nc2ccc3c(c2)CCN(C)CC3)CCCN1C(=O)Nc1ccc(Cl)cc1. The van der Waals surface area contributed by atoms with E-state index in [1.807, 2.05) is 6.07 Å². The maximum atomic E-state index is 13.6. The van der Waals surface area contributed by atoms with Gasteiger partial charge in [0.1, 0.15) is 5.54 Å². The van der Waals surface area contributed by atoms with Crippen LogP contribution in [0.3, 0.4) is 0 Å². The first kappa shape index (κ1) is 23.3. The Kier molecular flexibility index (Phi) is 7.05. The molecule has 0 spiro atoms. The van der Waals surface area contributed by atoms with Crippen LogP contribution >= 0.6 is 11.6 Å². The van der Waals surface area contributed by atoms with Gasteiger partial charge in [0.25, 0.3) is 5.91 Å². The molecule has 7 heteroatoms. The van der Waals surface area contributed by atoms with Crippen molar-refractivity contribution in [2.45, 2.75) is 37.6 Å². The van der Waals surface area contributed by atoms with Crippen LogP contribution in [0.2, 0.25) is 5.02 Å². The van der Waals surface area contributed by atoms with Gasteiger partial charge in [-0.05, 0) is 86.7 Å². The lowest BCUT2D eigenvalue weighted by Crippen LogP contribution is -2.56. The minimum atomic E-state index is -0.967. The van der Waals surface area contributed by atoms with Crippen LogP contribution in [0.15, 0.2) is 55.1 Å². The van der Waals surface area contributed by atoms with Crippen molar-refractivity contribution in [2.75, 3.05) is 37.3 Å². The molecule has 0 saturated carbocycles. The number of hydrogen-bond donors (Lipinski definition) is 2. The lowest BCUT2D eigenvalue weighted by Gasteiger charge is -2.36. The molecule has 2 aliphatic rings. The van der Waals surface area contributed by atoms with Crippen LogP contribution in [-0.2, 0) is 17.6 Å². The van der Waals surface area contributed by atoms with Gasteiger partial charge in [0.15, 0.2) is 0 Å². The number of nitrogens with one attached hydrogen (secondary N) is 2. The van der Waals surface area contributed by atoms with Crippen molar-refractivity contribution in [3.8, 4) is 0 Å². The first-order chi connectivity index (χ1) is 15.9. The Bertz CT molecular complexity index is 1040. The molecular weight excluding hydrogens is 436 g/mol. The Balaban J connectivity index is 1.53. The first-order valence-electron chi connectivity index (χ1n) is 11.5. The highest BCUT2D eigenvalue weighted by Gasteiger charge is 2.49. The van der Waals surface area contributed by atoms with Crippen molar-refractivity contribution in [3.05, 3.63) is 71.3 Å². The molecule has 2 aromatic carbocycles. The fraction of sp³-hybridized carbons (Fsp3) is 0.385. The molecule has 0 radical (unpaired) electrons. The van der Waals surface area contributed by atoms with Crippen LogP contribution in [0.4, 0.5) is 16.2 Å². The smallest absolute Gasteiger partial charge is 0.322 e. The second-order valence-corrected chi connectivity index (χ2v) is 9.39. The third-order valence-electron chi connectivity index (χ3n) is 6.72. The molecule has 1 fully saturated rings. The lowest BCUT2D eigenvalue weighted by molar-refractivity contribution is -0.124. The minimum absolute atomic E-state index is 0.170. The van der Waals surface area contributed by atoms with Crippen molar-refractivity contribution in [3.63, 3.8) is 0 Å². The summed E-state index contributed by atoms with van der Waals surface area (Å²) < 4.78 is 0. The van der Waals surface area contributed by atoms with Crippen LogP contribution in [0.1, 0.15) is 30.4 Å². The highest BCUT2D eigenvalue weighted by Crippen LogP contribution is 2.35. The average Bonchev–Trinajstić information content (AvgIpc) is 3.15. The Labute approximate surface area is 200 Å². The number of nitrogens with zero attached hydrogens (tertiary/aromatic N) is 2. The van der Waals surface area contributed by atoms with Gasteiger partial charge in [-0.2, -0.15) is 0 Å². The normalized spacial score (nSPS) is 20.6. The topological polar surface area (TPSA) is 64.7 Å². The van der Waals surface area contributed by atoms with Crippen LogP contribution < -0.4 is 10.6 Å². The van der Waals surface area contributed by atoms with E-state index >= 15 is 0 Å². The van der Waals surface area contributed by atoms with E-state index in [1.54, 1.807) is 35.2 Å². The molecule has 2 aliphatic heterocycles. The number of carbonyl (C=O) groups excluding carboxylic acids is 2. The predicted octanol–water partition coefficient (Wildman–Crippen LogP) is 4.95. The fourth-order valence-corrected chi connectivity index (χ4v) is 4.97. The van der Waals surface area contributed by atoms with Crippen LogP contribution in [0.25, 0.3) is 0 Å². The molecule has 2 N–H and O–H groups in total. The summed E-state index contributed by atoms with van der Waals surface area (Å²) in [4.78, 5) is 30.8. The van der Waals surface area contributed by atoms with Gasteiger partial charge in [-0.1, -0.05) is 23.7 Å². The van der Waals surface area contributed by atoms with Crippen molar-refractivity contribution < 1.29 is 9.59 Å². The summed E-state index contributed by atoms with van der Waals surface area (Å²) in [5, 5.41) is 6.61. The summed E-state index contributed by atoms with van der Waals surface area (Å²) in [6, 6.07) is 12.8. The van der Waals surface area contributed by atoms with E-state index in [0.29, 0.717) is 30.1 Å². The van der Waals surface area contributed by atoms with Gasteiger partial charge >= 0.3 is 6.03 Å². The molecule has 2 heterocycles. The van der Waals surface area contributed by atoms with Gasteiger partial charge in [-0.25, -0.2) is 4.79 Å². The molecule has 33 heavy (non-hydrogen) atoms. The highest BCUT2D eigenvalue weighted by molar-refractivity contribution is 6.30. The molecule has 4 rings (SSSR count). The zero-order chi connectivity index (χ0) is 23.4. The number of fused-ring (bicyclic) bond motifs is 1. The Hall–Kier alpha value is -2.83. The molecular formula is C26H31ClN4O2. The van der Waals surface area contributed by atoms with Crippen LogP contribution in [0.5, 0.6) is 0 Å². The number of anilines is 2. The monoisotopic (exact) mass is 466 g/mol. The molecule has 0 bridgehead atoms. The summed E-state index contributed by atoms with van der Waals surface area (Å²) in [6.07, 6.45) is 5.44. The first-order valence-corrected chi connectivity index (χ1v) is 11.9. The fourth-order valence-electron chi connectivity index (χ4n) is 4.84. The maximum Gasteiger partial charge on any atom is 0.322 e. The van der Waals surface area contributed by atoms with Crippen molar-refractivity contribution >= 4 is 34.9 Å². The summed E-state index contributed by atoms with van der Waals surface area (Å²) in [5.41, 5.74) is 3.06. The molecule has 6 nitrogen and oxygen atoms in total. The standard InChI is InChI=1S/C26H31ClN4O2/c1-3-13-26(14-4-15-31(26)25(33)29-22-9-6-21(27)7-10-22)24(32)28-23-8-5-19-11-16-30(2)17-12-20(19)18-23/h3,5-10,18H,1,4,11-17H2,2H3,(H,28,32)(H,29,33). The number of rotatable bonds is 5. The average molecular weight is 467 g/mol. The summed E-state index contributed by atoms with van der Waals surface area (Å²) >= 11 is 5.95. The molecule has 1 saturated heterocycles. The summed E-state index contributed by atoms with van der Waals surface area (Å²) in [6.45, 7) is 6.42. The molecule has 174 valence electrons. The van der Waals surface area contributed by atoms with E-state index in [2.05, 4.69) is 41.3 Å². The molecule has 1 unspecified atom stereocenters. The zero-order valence-electron chi connectivity index (χ0n) is 19.1. The van der Waals surface area contributed by atoms with Gasteiger partial charge in [0.05, 0.1) is 0 Å². The van der Waals surface area contributed by atoms with Gasteiger partial charge < -0.3 is 20.4 Å². The van der Waals surface area contributed by atoms with Gasteiger partial charge in [-0.3, -0.25) is 4.79 Å². The van der Waals surface area contributed by atoms with E-state index < -0.39 is 5.54 Å². The van der Waals surface area contributed by atoms with Crippen molar-refractivity contribution in [1.82, 2.24) is 9.80 Å². The van der Waals surface area contributed by atoms with Crippen molar-refractivity contribution in [2.24, 2.45) is 0 Å². The molecule has 1 atom stereocenters. The lowest BCUT2D eigenvalue weighted by atomic mass is 9.90. The van der Waals surface area contributed by atoms with Crippen molar-refractivity contribution in [1.29, 1.82) is 0 Å². The molecule has 0 aromatic heterocycles. The number of likely N-dealkylation sites (tertiary alicyclic amines) is 1. The van der Waals surface area contributed by atoms with E-state index in [4.69, 9.17) is 11.6 Å². The summed E-state index contributed by atoms with van der Waals surface area (Å²) in [5.74, 6) is -0.170. The largest absolute Gasteiger partial charge is 0.324 e. The second kappa shape index (κ2) is 9.98. The molecule has 2 aromatic rings. The Morgan fingerprint density at radius 3 is 2.45 bits per heavy atom. The minimum Gasteiger partial charge on any atom is -0.324 e. The molecule has 0 aliphatic carbocycles. The number of amides is 3. The Morgan fingerprint density at radius 2 is 1.73 bits per heavy atom. The quantitative estimate of drug-likeness (QED) is 0.612. The Morgan fingerprint density at radius 1 is 1.03 bits per heavy atom. The highest BCUT2D eigenvalue weighted by atomic mass is 35.5. The van der Waals surface area contributed by atoms with E-state index in [-0.39, 0.29) is 11.9 Å². The molecule has 3 amide bonds. The second-order valence-electron chi connectivity index (χ2n) is 8.96. The number of carbonyl (C=O) groups is 2. The van der Waals surface area contributed by atoms with E-state index in [1.165, 1.54) is 11.1 Å². The van der Waals surface area contributed by atoms with Gasteiger partial charge in [0, 0.05) is 36.0 Å². The third-order valence-corrected chi connectivity index (χ3v) is 6.98. The number of likely N-dealkylation sites (N-methyl/N-ethyl adjacent to an activating group) is 1. The van der Waals surface area contributed by atoms with E-state index in [9.17, 15) is 9.59 Å². The predicted molar refractivity (Wildman–Crippen MR) is 134 cm³/mol. The number of halogens is 1. The van der Waals surface area contributed by atoms with E-state index in [0.717, 1.165) is 38.0 Å². The number of benzene rings is 2. The van der Waals surface area contributed by atoms with Gasteiger partial charge in [0.2, 0.25) is 0 Å². The summed E-state index contributed by atoms with van der Waals surface area (Å²) in [7, 11) is 2.14. The van der Waals surface area contributed by atoms with Gasteiger partial charge in [-0.15, -0.1) is 6.58 Å².